The number of amides is 1. The molecule has 0 spiro atoms. The van der Waals surface area contributed by atoms with E-state index in [9.17, 15) is 9.59 Å². The number of benzene rings is 1. The van der Waals surface area contributed by atoms with Crippen LogP contribution < -0.4 is 10.9 Å². The van der Waals surface area contributed by atoms with E-state index in [1.165, 1.54) is 15.5 Å². The molecule has 0 saturated heterocycles. The van der Waals surface area contributed by atoms with Gasteiger partial charge < -0.3 is 5.32 Å². The highest BCUT2D eigenvalue weighted by Crippen LogP contribution is 2.28. The smallest absolute Gasteiger partial charge is 0.254 e. The van der Waals surface area contributed by atoms with Crippen LogP contribution in [0.1, 0.15) is 39.2 Å². The summed E-state index contributed by atoms with van der Waals surface area (Å²) in [5, 5.41) is 3.38. The fraction of sp³-hybridized carbons (Fsp3) is 0.450. The van der Waals surface area contributed by atoms with Crippen molar-refractivity contribution in [3.8, 4) is 0 Å². The van der Waals surface area contributed by atoms with Crippen LogP contribution in [0.5, 0.6) is 0 Å². The normalized spacial score (nSPS) is 12.2. The van der Waals surface area contributed by atoms with Gasteiger partial charge in [-0.2, -0.15) is 0 Å². The van der Waals surface area contributed by atoms with Gasteiger partial charge in [-0.1, -0.05) is 27.7 Å². The molecule has 1 aromatic carbocycles. The second-order valence-corrected chi connectivity index (χ2v) is 8.18. The molecule has 0 radical (unpaired) electrons. The third-order valence-electron chi connectivity index (χ3n) is 4.23. The number of nitrogens with zero attached hydrogens (tertiary/aromatic N) is 2. The third kappa shape index (κ3) is 5.46. The van der Waals surface area contributed by atoms with Gasteiger partial charge >= 0.3 is 0 Å². The van der Waals surface area contributed by atoms with E-state index in [4.69, 9.17) is 0 Å². The van der Waals surface area contributed by atoms with Crippen molar-refractivity contribution in [3.63, 3.8) is 0 Å². The molecule has 0 unspecified atom stereocenters. The minimum atomic E-state index is -0.233. The Morgan fingerprint density at radius 2 is 1.88 bits per heavy atom. The average molecular weight is 374 g/mol. The van der Waals surface area contributed by atoms with Crippen molar-refractivity contribution in [2.75, 3.05) is 5.32 Å². The number of anilines is 1. The zero-order chi connectivity index (χ0) is 19.3. The predicted molar refractivity (Wildman–Crippen MR) is 108 cm³/mol. The lowest BCUT2D eigenvalue weighted by Crippen LogP contribution is -2.30. The second-order valence-electron chi connectivity index (χ2n) is 6.73. The van der Waals surface area contributed by atoms with Gasteiger partial charge in [0, 0.05) is 34.0 Å². The number of hydrogen-bond acceptors (Lipinski definition) is 4. The van der Waals surface area contributed by atoms with Crippen molar-refractivity contribution < 1.29 is 4.79 Å². The number of aromatic nitrogens is 2. The number of thioether (sulfide) groups is 1. The molecule has 6 heteroatoms. The van der Waals surface area contributed by atoms with E-state index in [1.807, 2.05) is 43.0 Å². The van der Waals surface area contributed by atoms with Gasteiger partial charge in [0.15, 0.2) is 0 Å². The quantitative estimate of drug-likeness (QED) is 0.748. The highest BCUT2D eigenvalue weighted by Gasteiger charge is 2.11. The number of rotatable bonds is 7. The highest BCUT2D eigenvalue weighted by molar-refractivity contribution is 8.00. The van der Waals surface area contributed by atoms with Gasteiger partial charge in [-0.3, -0.25) is 14.2 Å². The molecule has 0 saturated carbocycles. The minimum absolute atomic E-state index is 0.0316. The van der Waals surface area contributed by atoms with Crippen LogP contribution in [0.3, 0.4) is 0 Å². The van der Waals surface area contributed by atoms with E-state index in [0.29, 0.717) is 29.1 Å². The van der Waals surface area contributed by atoms with Crippen LogP contribution in [-0.4, -0.2) is 20.7 Å². The molecule has 0 bridgehead atoms. The molecule has 1 aromatic heterocycles. The van der Waals surface area contributed by atoms with Crippen molar-refractivity contribution in [2.45, 2.75) is 57.7 Å². The second kappa shape index (κ2) is 9.03. The third-order valence-corrected chi connectivity index (χ3v) is 5.69. The lowest BCUT2D eigenvalue weighted by atomic mass is 10.2. The maximum Gasteiger partial charge on any atom is 0.254 e. The summed E-state index contributed by atoms with van der Waals surface area (Å²) in [7, 11) is 0. The highest BCUT2D eigenvalue weighted by atomic mass is 32.2. The molecular weight excluding hydrogens is 346 g/mol. The fourth-order valence-electron chi connectivity index (χ4n) is 2.43. The molecule has 26 heavy (non-hydrogen) atoms. The van der Waals surface area contributed by atoms with Gasteiger partial charge in [-0.15, -0.1) is 11.8 Å². The zero-order valence-corrected chi connectivity index (χ0v) is 16.9. The maximum absolute atomic E-state index is 12.3. The Labute approximate surface area is 159 Å². The Morgan fingerprint density at radius 3 is 2.46 bits per heavy atom. The van der Waals surface area contributed by atoms with E-state index in [0.717, 1.165) is 5.69 Å². The SMILES string of the molecule is CCc1nc(C)cc(=O)n1CC(=O)Nc1ccc(S[C@H](C)C(C)C)cc1. The fourth-order valence-corrected chi connectivity index (χ4v) is 3.43. The van der Waals surface area contributed by atoms with E-state index < -0.39 is 0 Å². The molecule has 1 N–H and O–H groups in total. The van der Waals surface area contributed by atoms with E-state index in [-0.39, 0.29) is 18.0 Å². The van der Waals surface area contributed by atoms with Gasteiger partial charge in [0.25, 0.3) is 5.56 Å². The summed E-state index contributed by atoms with van der Waals surface area (Å²) < 4.78 is 1.43. The molecular formula is C20H27N3O2S. The summed E-state index contributed by atoms with van der Waals surface area (Å²) in [4.78, 5) is 30.0. The van der Waals surface area contributed by atoms with Gasteiger partial charge in [0.1, 0.15) is 12.4 Å². The number of hydrogen-bond donors (Lipinski definition) is 1. The van der Waals surface area contributed by atoms with Gasteiger partial charge in [0.05, 0.1) is 0 Å². The van der Waals surface area contributed by atoms with Gasteiger partial charge in [0.2, 0.25) is 5.91 Å². The van der Waals surface area contributed by atoms with Crippen LogP contribution in [0.25, 0.3) is 0 Å². The van der Waals surface area contributed by atoms with Crippen LogP contribution in [0.15, 0.2) is 40.0 Å². The number of nitrogens with one attached hydrogen (secondary N) is 1. The number of carbonyl (C=O) groups is 1. The van der Waals surface area contributed by atoms with Crippen molar-refractivity contribution >= 4 is 23.4 Å². The molecule has 1 heterocycles. The minimum Gasteiger partial charge on any atom is -0.325 e. The first-order chi connectivity index (χ1) is 12.3. The molecule has 1 atom stereocenters. The summed E-state index contributed by atoms with van der Waals surface area (Å²) in [5.74, 6) is 0.997. The lowest BCUT2D eigenvalue weighted by Gasteiger charge is -2.15. The van der Waals surface area contributed by atoms with Crippen molar-refractivity contribution in [2.24, 2.45) is 5.92 Å². The number of aryl methyl sites for hydroxylation is 2. The first kappa shape index (κ1) is 20.2. The van der Waals surface area contributed by atoms with E-state index >= 15 is 0 Å². The van der Waals surface area contributed by atoms with E-state index in [1.54, 1.807) is 6.92 Å². The monoisotopic (exact) mass is 373 g/mol. The predicted octanol–water partition coefficient (Wildman–Crippen LogP) is 3.89. The van der Waals surface area contributed by atoms with Crippen LogP contribution in [-0.2, 0) is 17.8 Å². The first-order valence-electron chi connectivity index (χ1n) is 8.94. The van der Waals surface area contributed by atoms with Crippen molar-refractivity contribution in [1.29, 1.82) is 0 Å². The summed E-state index contributed by atoms with van der Waals surface area (Å²) in [6.07, 6.45) is 0.601. The molecule has 5 nitrogen and oxygen atoms in total. The Balaban J connectivity index is 2.04. The van der Waals surface area contributed by atoms with Gasteiger partial charge in [-0.25, -0.2) is 4.98 Å². The Kier molecular flexibility index (Phi) is 7.03. The molecule has 0 fully saturated rings. The maximum atomic E-state index is 12.3. The van der Waals surface area contributed by atoms with E-state index in [2.05, 4.69) is 31.1 Å². The zero-order valence-electron chi connectivity index (χ0n) is 16.1. The average Bonchev–Trinajstić information content (AvgIpc) is 2.58. The molecule has 2 rings (SSSR count). The van der Waals surface area contributed by atoms with Crippen LogP contribution in [0.2, 0.25) is 0 Å². The number of carbonyl (C=O) groups excluding carboxylic acids is 1. The van der Waals surface area contributed by atoms with Gasteiger partial charge in [-0.05, 0) is 37.1 Å². The summed E-state index contributed by atoms with van der Waals surface area (Å²) in [6.45, 7) is 10.3. The van der Waals surface area contributed by atoms with Crippen molar-refractivity contribution in [1.82, 2.24) is 9.55 Å². The molecule has 0 aliphatic rings. The standard InChI is InChI=1S/C20H27N3O2S/c1-6-18-21-14(4)11-20(25)23(18)12-19(24)22-16-7-9-17(10-8-16)26-15(5)13(2)3/h7-11,13,15H,6,12H2,1-5H3,(H,22,24)/t15-/m1/s1. The summed E-state index contributed by atoms with van der Waals surface area (Å²) >= 11 is 1.82. The summed E-state index contributed by atoms with van der Waals surface area (Å²) in [5.41, 5.74) is 1.20. The molecule has 0 aliphatic heterocycles. The Morgan fingerprint density at radius 1 is 1.23 bits per heavy atom. The molecule has 2 aromatic rings. The van der Waals surface area contributed by atoms with Crippen LogP contribution in [0, 0.1) is 12.8 Å². The largest absolute Gasteiger partial charge is 0.325 e. The first-order valence-corrected chi connectivity index (χ1v) is 9.82. The van der Waals surface area contributed by atoms with Crippen LogP contribution >= 0.6 is 11.8 Å². The topological polar surface area (TPSA) is 64.0 Å². The summed E-state index contributed by atoms with van der Waals surface area (Å²) in [6, 6.07) is 9.26. The Hall–Kier alpha value is -2.08. The molecule has 1 amide bonds. The Bertz CT molecular complexity index is 813. The molecule has 0 aliphatic carbocycles. The lowest BCUT2D eigenvalue weighted by molar-refractivity contribution is -0.116. The molecule has 140 valence electrons. The van der Waals surface area contributed by atoms with Crippen LogP contribution in [0.4, 0.5) is 5.69 Å². The van der Waals surface area contributed by atoms with Crippen molar-refractivity contribution in [3.05, 3.63) is 52.2 Å².